The first-order valence-electron chi connectivity index (χ1n) is 9.86. The third-order valence-corrected chi connectivity index (χ3v) is 5.51. The van der Waals surface area contributed by atoms with Crippen molar-refractivity contribution in [1.29, 1.82) is 0 Å². The van der Waals surface area contributed by atoms with Crippen LogP contribution in [0.4, 0.5) is 0 Å². The maximum atomic E-state index is 12.1. The van der Waals surface area contributed by atoms with Gasteiger partial charge in [0.25, 0.3) is 11.5 Å². The average molecular weight is 432 g/mol. The number of ether oxygens (including phenoxy) is 1. The molecule has 0 atom stereocenters. The lowest BCUT2D eigenvalue weighted by Crippen LogP contribution is -2.34. The third kappa shape index (κ3) is 5.46. The van der Waals surface area contributed by atoms with E-state index in [2.05, 4.69) is 10.4 Å². The molecule has 6 nitrogen and oxygen atoms in total. The van der Waals surface area contributed by atoms with E-state index >= 15 is 0 Å². The van der Waals surface area contributed by atoms with E-state index in [0.717, 1.165) is 21.7 Å². The van der Waals surface area contributed by atoms with Crippen LogP contribution in [0.25, 0.3) is 21.7 Å². The molecule has 0 bridgehead atoms. The summed E-state index contributed by atoms with van der Waals surface area (Å²) in [4.78, 5) is 25.1. The second kappa shape index (κ2) is 9.86. The van der Waals surface area contributed by atoms with Gasteiger partial charge in [-0.3, -0.25) is 9.59 Å². The molecule has 0 aliphatic rings. The van der Waals surface area contributed by atoms with Gasteiger partial charge in [-0.15, -0.1) is 11.3 Å². The van der Waals surface area contributed by atoms with Crippen LogP contribution >= 0.6 is 11.3 Å². The van der Waals surface area contributed by atoms with Crippen molar-refractivity contribution in [3.8, 4) is 27.4 Å². The van der Waals surface area contributed by atoms with E-state index in [1.165, 1.54) is 10.7 Å². The number of carbonyl (C=O) groups excluding carboxylic acids is 1. The molecule has 0 unspecified atom stereocenters. The minimum Gasteiger partial charge on any atom is -0.484 e. The van der Waals surface area contributed by atoms with Gasteiger partial charge in [0.1, 0.15) is 11.4 Å². The van der Waals surface area contributed by atoms with Crippen LogP contribution in [0.15, 0.2) is 89.0 Å². The van der Waals surface area contributed by atoms with Gasteiger partial charge in [-0.2, -0.15) is 5.10 Å². The Morgan fingerprint density at radius 1 is 0.935 bits per heavy atom. The third-order valence-electron chi connectivity index (χ3n) is 4.62. The van der Waals surface area contributed by atoms with E-state index in [4.69, 9.17) is 4.74 Å². The molecule has 2 aromatic heterocycles. The van der Waals surface area contributed by atoms with Gasteiger partial charge < -0.3 is 10.1 Å². The number of carbonyl (C=O) groups is 1. The van der Waals surface area contributed by atoms with Gasteiger partial charge in [0.2, 0.25) is 0 Å². The fourth-order valence-corrected chi connectivity index (χ4v) is 3.73. The molecule has 2 heterocycles. The maximum absolute atomic E-state index is 12.1. The molecular formula is C24H21N3O3S. The van der Waals surface area contributed by atoms with Crippen LogP contribution in [0.5, 0.6) is 5.75 Å². The van der Waals surface area contributed by atoms with E-state index in [-0.39, 0.29) is 31.2 Å². The SMILES string of the molecule is O=C(COc1ccc(-c2ccccc2)cc1)NCCn1nc(-c2cccs2)ccc1=O. The Bertz CT molecular complexity index is 1190. The highest BCUT2D eigenvalue weighted by Crippen LogP contribution is 2.22. The summed E-state index contributed by atoms with van der Waals surface area (Å²) in [7, 11) is 0. The van der Waals surface area contributed by atoms with Gasteiger partial charge in [0.15, 0.2) is 6.61 Å². The summed E-state index contributed by atoms with van der Waals surface area (Å²) >= 11 is 1.56. The lowest BCUT2D eigenvalue weighted by atomic mass is 10.1. The van der Waals surface area contributed by atoms with E-state index < -0.39 is 0 Å². The highest BCUT2D eigenvalue weighted by Gasteiger charge is 2.06. The van der Waals surface area contributed by atoms with Crippen LogP contribution in [0.1, 0.15) is 0 Å². The summed E-state index contributed by atoms with van der Waals surface area (Å²) in [6, 6.07) is 24.7. The quantitative estimate of drug-likeness (QED) is 0.460. The molecule has 0 radical (unpaired) electrons. The molecule has 1 N–H and O–H groups in total. The molecule has 4 aromatic rings. The minimum absolute atomic E-state index is 0.0950. The fraction of sp³-hybridized carbons (Fsp3) is 0.125. The lowest BCUT2D eigenvalue weighted by Gasteiger charge is -2.09. The van der Waals surface area contributed by atoms with Gasteiger partial charge >= 0.3 is 0 Å². The zero-order chi connectivity index (χ0) is 21.5. The Hall–Kier alpha value is -3.71. The van der Waals surface area contributed by atoms with Crippen LogP contribution in [0.3, 0.4) is 0 Å². The first kappa shape index (κ1) is 20.6. The summed E-state index contributed by atoms with van der Waals surface area (Å²) in [5.74, 6) is 0.367. The van der Waals surface area contributed by atoms with Crippen molar-refractivity contribution in [3.05, 3.63) is 94.6 Å². The van der Waals surface area contributed by atoms with Crippen molar-refractivity contribution in [2.45, 2.75) is 6.54 Å². The molecule has 156 valence electrons. The summed E-state index contributed by atoms with van der Waals surface area (Å²) in [5, 5.41) is 9.09. The van der Waals surface area contributed by atoms with Gasteiger partial charge in [0, 0.05) is 12.6 Å². The first-order valence-corrected chi connectivity index (χ1v) is 10.7. The summed E-state index contributed by atoms with van der Waals surface area (Å²) in [6.07, 6.45) is 0. The zero-order valence-corrected chi connectivity index (χ0v) is 17.5. The maximum Gasteiger partial charge on any atom is 0.266 e. The Morgan fingerprint density at radius 2 is 1.71 bits per heavy atom. The summed E-state index contributed by atoms with van der Waals surface area (Å²) in [6.45, 7) is 0.480. The predicted molar refractivity (Wildman–Crippen MR) is 122 cm³/mol. The first-order chi connectivity index (χ1) is 15.2. The lowest BCUT2D eigenvalue weighted by molar-refractivity contribution is -0.123. The molecule has 2 aromatic carbocycles. The van der Waals surface area contributed by atoms with Crippen LogP contribution < -0.4 is 15.6 Å². The molecule has 4 rings (SSSR count). The van der Waals surface area contributed by atoms with E-state index in [9.17, 15) is 9.59 Å². The van der Waals surface area contributed by atoms with Crippen molar-refractivity contribution in [2.75, 3.05) is 13.2 Å². The molecule has 0 aliphatic heterocycles. The van der Waals surface area contributed by atoms with E-state index in [1.807, 2.05) is 72.1 Å². The molecule has 0 fully saturated rings. The topological polar surface area (TPSA) is 73.2 Å². The Kier molecular flexibility index (Phi) is 6.54. The molecule has 7 heteroatoms. The number of benzene rings is 2. The Morgan fingerprint density at radius 3 is 2.45 bits per heavy atom. The molecule has 0 saturated carbocycles. The molecular weight excluding hydrogens is 410 g/mol. The van der Waals surface area contributed by atoms with Crippen LogP contribution in [-0.4, -0.2) is 28.8 Å². The number of hydrogen-bond acceptors (Lipinski definition) is 5. The minimum atomic E-state index is -0.255. The number of amides is 1. The largest absolute Gasteiger partial charge is 0.484 e. The van der Waals surface area contributed by atoms with Gasteiger partial charge in [-0.1, -0.05) is 48.5 Å². The molecule has 0 aliphatic carbocycles. The van der Waals surface area contributed by atoms with Crippen LogP contribution in [0.2, 0.25) is 0 Å². The summed E-state index contributed by atoms with van der Waals surface area (Å²) in [5.41, 5.74) is 2.74. The molecule has 31 heavy (non-hydrogen) atoms. The van der Waals surface area contributed by atoms with Crippen molar-refractivity contribution in [1.82, 2.24) is 15.1 Å². The monoisotopic (exact) mass is 431 g/mol. The summed E-state index contributed by atoms with van der Waals surface area (Å²) < 4.78 is 6.92. The Labute approximate surface area is 183 Å². The molecule has 0 saturated heterocycles. The smallest absolute Gasteiger partial charge is 0.266 e. The predicted octanol–water partition coefficient (Wildman–Crippen LogP) is 3.83. The van der Waals surface area contributed by atoms with Crippen LogP contribution in [0, 0.1) is 0 Å². The number of aromatic nitrogens is 2. The normalized spacial score (nSPS) is 10.6. The number of hydrogen-bond donors (Lipinski definition) is 1. The number of nitrogens with zero attached hydrogens (tertiary/aromatic N) is 2. The van der Waals surface area contributed by atoms with E-state index in [1.54, 1.807) is 17.4 Å². The second-order valence-electron chi connectivity index (χ2n) is 6.79. The van der Waals surface area contributed by atoms with Crippen molar-refractivity contribution in [2.24, 2.45) is 0 Å². The Balaban J connectivity index is 1.26. The van der Waals surface area contributed by atoms with Crippen molar-refractivity contribution in [3.63, 3.8) is 0 Å². The van der Waals surface area contributed by atoms with Gasteiger partial charge in [-0.05, 0) is 40.8 Å². The van der Waals surface area contributed by atoms with Gasteiger partial charge in [-0.25, -0.2) is 4.68 Å². The van der Waals surface area contributed by atoms with Crippen molar-refractivity contribution < 1.29 is 9.53 Å². The van der Waals surface area contributed by atoms with Gasteiger partial charge in [0.05, 0.1) is 11.4 Å². The number of thiophene rings is 1. The van der Waals surface area contributed by atoms with E-state index in [0.29, 0.717) is 5.75 Å². The van der Waals surface area contributed by atoms with Crippen molar-refractivity contribution >= 4 is 17.2 Å². The average Bonchev–Trinajstić information content (AvgIpc) is 3.35. The number of nitrogens with one attached hydrogen (secondary N) is 1. The molecule has 0 spiro atoms. The zero-order valence-electron chi connectivity index (χ0n) is 16.7. The highest BCUT2D eigenvalue weighted by molar-refractivity contribution is 7.13. The second-order valence-corrected chi connectivity index (χ2v) is 7.73. The molecule has 1 amide bonds. The fourth-order valence-electron chi connectivity index (χ4n) is 3.04. The standard InChI is InChI=1S/C24H21N3O3S/c28-23(17-30-20-10-8-19(9-11-20)18-5-2-1-3-6-18)25-14-15-27-24(29)13-12-21(26-27)22-7-4-16-31-22/h1-13,16H,14-15,17H2,(H,25,28). The van der Waals surface area contributed by atoms with Crippen LogP contribution in [-0.2, 0) is 11.3 Å². The highest BCUT2D eigenvalue weighted by atomic mass is 32.1. The number of rotatable bonds is 8.